The second-order valence-electron chi connectivity index (χ2n) is 10.7. The summed E-state index contributed by atoms with van der Waals surface area (Å²) in [6.45, 7) is 5.73. The average molecular weight is 589 g/mol. The number of rotatable bonds is 11. The van der Waals surface area contributed by atoms with Gasteiger partial charge in [0, 0.05) is 17.6 Å². The molecular weight excluding hydrogens is 552 g/mol. The number of nitrogens with one attached hydrogen (secondary N) is 1. The number of amides is 2. The lowest BCUT2D eigenvalue weighted by Gasteiger charge is -2.34. The van der Waals surface area contributed by atoms with Crippen molar-refractivity contribution in [1.82, 2.24) is 30.4 Å². The first-order chi connectivity index (χ1) is 20.6. The Morgan fingerprint density at radius 3 is 2.12 bits per heavy atom. The van der Waals surface area contributed by atoms with Crippen LogP contribution in [0, 0.1) is 0 Å². The molecule has 43 heavy (non-hydrogen) atoms. The summed E-state index contributed by atoms with van der Waals surface area (Å²) in [6, 6.07) is 16.5. The van der Waals surface area contributed by atoms with Gasteiger partial charge in [-0.3, -0.25) is 9.59 Å². The van der Waals surface area contributed by atoms with Crippen LogP contribution in [0.25, 0.3) is 5.69 Å². The number of tetrazole rings is 1. The molecule has 1 heterocycles. The van der Waals surface area contributed by atoms with Gasteiger partial charge in [0.1, 0.15) is 18.1 Å². The summed E-state index contributed by atoms with van der Waals surface area (Å²) < 4.78 is 23.5. The summed E-state index contributed by atoms with van der Waals surface area (Å²) in [5, 5.41) is 14.4. The van der Waals surface area contributed by atoms with Crippen LogP contribution < -0.4 is 24.3 Å². The van der Waals surface area contributed by atoms with E-state index in [2.05, 4.69) is 20.8 Å². The number of carbonyl (C=O) groups is 2. The van der Waals surface area contributed by atoms with E-state index in [4.69, 9.17) is 18.9 Å². The molecule has 0 spiro atoms. The van der Waals surface area contributed by atoms with Crippen LogP contribution in [-0.4, -0.2) is 70.9 Å². The van der Waals surface area contributed by atoms with Crippen molar-refractivity contribution in [1.29, 1.82) is 0 Å². The Balaban J connectivity index is 1.91. The summed E-state index contributed by atoms with van der Waals surface area (Å²) in [5.74, 6) is 0.952. The van der Waals surface area contributed by atoms with Crippen LogP contribution in [0.15, 0.2) is 67.0 Å². The first-order valence-electron chi connectivity index (χ1n) is 13.5. The molecule has 0 aliphatic rings. The normalized spacial score (nSPS) is 11.8. The van der Waals surface area contributed by atoms with E-state index in [1.165, 1.54) is 37.2 Å². The highest BCUT2D eigenvalue weighted by Gasteiger charge is 2.35. The zero-order valence-electron chi connectivity index (χ0n) is 25.3. The molecule has 1 atom stereocenters. The fourth-order valence-electron chi connectivity index (χ4n) is 4.60. The van der Waals surface area contributed by atoms with Gasteiger partial charge in [0.05, 0.1) is 34.1 Å². The van der Waals surface area contributed by atoms with E-state index in [9.17, 15) is 9.59 Å². The lowest BCUT2D eigenvalue weighted by molar-refractivity contribution is -0.127. The Bertz CT molecular complexity index is 1520. The first-order valence-corrected chi connectivity index (χ1v) is 13.5. The lowest BCUT2D eigenvalue weighted by atomic mass is 9.98. The fourth-order valence-corrected chi connectivity index (χ4v) is 4.60. The molecule has 3 aromatic carbocycles. The minimum atomic E-state index is -1.10. The maximum absolute atomic E-state index is 14.5. The molecule has 0 fully saturated rings. The van der Waals surface area contributed by atoms with Crippen LogP contribution in [0.4, 0.5) is 0 Å². The molecular formula is C31H36N6O6. The number of hydrogen-bond acceptors (Lipinski definition) is 9. The quantitative estimate of drug-likeness (QED) is 0.276. The van der Waals surface area contributed by atoms with Crippen LogP contribution in [-0.2, 0) is 11.3 Å². The largest absolute Gasteiger partial charge is 0.497 e. The van der Waals surface area contributed by atoms with Gasteiger partial charge >= 0.3 is 0 Å². The van der Waals surface area contributed by atoms with Gasteiger partial charge in [0.15, 0.2) is 11.5 Å². The molecule has 226 valence electrons. The number of aromatic nitrogens is 4. The minimum Gasteiger partial charge on any atom is -0.497 e. The SMILES string of the molecule is COc1ccc(CN(C(=O)c2cccc(-n3cnnn3)c2)C(C(=O)NC(C)(C)C)c2cc(OC)c(OC)c(OC)c2)cc1. The predicted octanol–water partition coefficient (Wildman–Crippen LogP) is 4.00. The standard InChI is InChI=1S/C31H36N6O6/c1-31(2,3)33-29(38)27(22-16-25(41-5)28(43-7)26(17-22)42-6)36(18-20-11-13-24(40-4)14-12-20)30(39)21-9-8-10-23(15-21)37-19-32-34-35-37/h8-17,19,27H,18H2,1-7H3,(H,33,38). The van der Waals surface area contributed by atoms with E-state index in [1.807, 2.05) is 32.9 Å². The van der Waals surface area contributed by atoms with Crippen molar-refractivity contribution >= 4 is 11.8 Å². The third kappa shape index (κ3) is 7.21. The van der Waals surface area contributed by atoms with Crippen LogP contribution in [0.5, 0.6) is 23.0 Å². The molecule has 1 unspecified atom stereocenters. The molecule has 0 aliphatic carbocycles. The molecule has 12 heteroatoms. The van der Waals surface area contributed by atoms with Crippen molar-refractivity contribution in [3.8, 4) is 28.7 Å². The van der Waals surface area contributed by atoms with Gasteiger partial charge in [-0.2, -0.15) is 0 Å². The molecule has 0 saturated carbocycles. The van der Waals surface area contributed by atoms with Crippen LogP contribution >= 0.6 is 0 Å². The molecule has 2 amide bonds. The molecule has 4 aromatic rings. The average Bonchev–Trinajstić information content (AvgIpc) is 3.54. The number of ether oxygens (including phenoxy) is 4. The molecule has 1 N–H and O–H groups in total. The highest BCUT2D eigenvalue weighted by Crippen LogP contribution is 2.41. The van der Waals surface area contributed by atoms with Crippen molar-refractivity contribution in [2.75, 3.05) is 28.4 Å². The maximum atomic E-state index is 14.5. The van der Waals surface area contributed by atoms with Gasteiger partial charge in [-0.1, -0.05) is 18.2 Å². The molecule has 4 rings (SSSR count). The molecule has 1 aromatic heterocycles. The Kier molecular flexibility index (Phi) is 9.49. The van der Waals surface area contributed by atoms with Gasteiger partial charge in [0.25, 0.3) is 5.91 Å². The van der Waals surface area contributed by atoms with Crippen molar-refractivity contribution in [3.63, 3.8) is 0 Å². The van der Waals surface area contributed by atoms with Crippen LogP contribution in [0.3, 0.4) is 0 Å². The summed E-state index contributed by atoms with van der Waals surface area (Å²) in [5.41, 5.74) is 1.58. The highest BCUT2D eigenvalue weighted by atomic mass is 16.5. The Hall–Kier alpha value is -5.13. The number of benzene rings is 3. The van der Waals surface area contributed by atoms with E-state index < -0.39 is 17.5 Å². The van der Waals surface area contributed by atoms with Crippen LogP contribution in [0.1, 0.15) is 48.3 Å². The van der Waals surface area contributed by atoms with Gasteiger partial charge < -0.3 is 29.2 Å². The Morgan fingerprint density at radius 2 is 1.58 bits per heavy atom. The van der Waals surface area contributed by atoms with E-state index in [-0.39, 0.29) is 12.5 Å². The summed E-state index contributed by atoms with van der Waals surface area (Å²) in [4.78, 5) is 30.2. The summed E-state index contributed by atoms with van der Waals surface area (Å²) >= 11 is 0. The molecule has 12 nitrogen and oxygen atoms in total. The molecule has 0 saturated heterocycles. The number of carbonyl (C=O) groups excluding carboxylic acids is 2. The monoisotopic (exact) mass is 588 g/mol. The predicted molar refractivity (Wildman–Crippen MR) is 159 cm³/mol. The topological polar surface area (TPSA) is 130 Å². The number of methoxy groups -OCH3 is 4. The van der Waals surface area contributed by atoms with Crippen LogP contribution in [0.2, 0.25) is 0 Å². The third-order valence-corrected chi connectivity index (χ3v) is 6.54. The van der Waals surface area contributed by atoms with E-state index in [0.29, 0.717) is 39.8 Å². The molecule has 0 bridgehead atoms. The zero-order chi connectivity index (χ0) is 31.1. The van der Waals surface area contributed by atoms with Gasteiger partial charge in [0.2, 0.25) is 11.7 Å². The van der Waals surface area contributed by atoms with Gasteiger partial charge in [-0.25, -0.2) is 4.68 Å². The molecule has 0 radical (unpaired) electrons. The van der Waals surface area contributed by atoms with E-state index in [1.54, 1.807) is 55.6 Å². The Labute approximate surface area is 250 Å². The van der Waals surface area contributed by atoms with Gasteiger partial charge in [-0.05, 0) is 84.8 Å². The summed E-state index contributed by atoms with van der Waals surface area (Å²) in [7, 11) is 6.08. The smallest absolute Gasteiger partial charge is 0.255 e. The maximum Gasteiger partial charge on any atom is 0.255 e. The summed E-state index contributed by atoms with van der Waals surface area (Å²) in [6.07, 6.45) is 1.44. The van der Waals surface area contributed by atoms with Crippen molar-refractivity contribution in [2.24, 2.45) is 0 Å². The Morgan fingerprint density at radius 1 is 0.907 bits per heavy atom. The first kappa shape index (κ1) is 30.8. The van der Waals surface area contributed by atoms with Crippen molar-refractivity contribution < 1.29 is 28.5 Å². The highest BCUT2D eigenvalue weighted by molar-refractivity contribution is 5.98. The second-order valence-corrected chi connectivity index (χ2v) is 10.7. The van der Waals surface area contributed by atoms with E-state index >= 15 is 0 Å². The fraction of sp³-hybridized carbons (Fsp3) is 0.323. The number of nitrogens with zero attached hydrogens (tertiary/aromatic N) is 5. The van der Waals surface area contributed by atoms with Gasteiger partial charge in [-0.15, -0.1) is 5.10 Å². The molecule has 0 aliphatic heterocycles. The van der Waals surface area contributed by atoms with Crippen molar-refractivity contribution in [3.05, 3.63) is 83.7 Å². The van der Waals surface area contributed by atoms with Crippen molar-refractivity contribution in [2.45, 2.75) is 38.9 Å². The lowest BCUT2D eigenvalue weighted by Crippen LogP contribution is -2.49. The third-order valence-electron chi connectivity index (χ3n) is 6.54. The minimum absolute atomic E-state index is 0.0941. The number of hydrogen-bond donors (Lipinski definition) is 1. The van der Waals surface area contributed by atoms with E-state index in [0.717, 1.165) is 5.56 Å². The zero-order valence-corrected chi connectivity index (χ0v) is 25.3. The second kappa shape index (κ2) is 13.2.